The van der Waals surface area contributed by atoms with E-state index >= 15 is 0 Å². The molecule has 3 rings (SSSR count). The molecular formula is C9H14. The molecule has 5 unspecified atom stereocenters. The Hall–Kier alpha value is 0. The summed E-state index contributed by atoms with van der Waals surface area (Å²) in [5.41, 5.74) is 0. The van der Waals surface area contributed by atoms with Crippen LogP contribution in [-0.4, -0.2) is 0 Å². The minimum absolute atomic E-state index is 1.10. The van der Waals surface area contributed by atoms with Crippen LogP contribution in [0.15, 0.2) is 0 Å². The Bertz CT molecular complexity index is 146. The maximum atomic E-state index is 2.46. The lowest BCUT2D eigenvalue weighted by molar-refractivity contribution is -0.0469. The summed E-state index contributed by atoms with van der Waals surface area (Å²) in [4.78, 5) is 0. The molecule has 0 aromatic rings. The molecule has 0 spiro atoms. The SMILES string of the molecule is CC1CC2CC3CC1C23. The minimum atomic E-state index is 1.10. The molecule has 0 saturated heterocycles. The zero-order valence-corrected chi connectivity index (χ0v) is 6.01. The summed E-state index contributed by atoms with van der Waals surface area (Å²) < 4.78 is 0. The molecule has 0 heteroatoms. The summed E-state index contributed by atoms with van der Waals surface area (Å²) in [6, 6.07) is 0. The molecule has 0 aromatic heterocycles. The Morgan fingerprint density at radius 3 is 2.33 bits per heavy atom. The Morgan fingerprint density at radius 1 is 1.00 bits per heavy atom. The molecule has 3 saturated carbocycles. The van der Waals surface area contributed by atoms with E-state index in [1.807, 2.05) is 0 Å². The van der Waals surface area contributed by atoms with Crippen molar-refractivity contribution in [2.24, 2.45) is 29.6 Å². The molecule has 3 aliphatic carbocycles. The zero-order valence-electron chi connectivity index (χ0n) is 6.01. The second-order valence-electron chi connectivity index (χ2n) is 4.45. The Labute approximate surface area is 56.6 Å². The summed E-state index contributed by atoms with van der Waals surface area (Å²) in [5.74, 6) is 5.93. The lowest BCUT2D eigenvalue weighted by Crippen LogP contribution is -2.46. The average Bonchev–Trinajstić information content (AvgIpc) is 2.01. The third-order valence-corrected chi connectivity index (χ3v) is 4.17. The predicted molar refractivity (Wildman–Crippen MR) is 37.0 cm³/mol. The number of hydrogen-bond acceptors (Lipinski definition) is 0. The van der Waals surface area contributed by atoms with Crippen LogP contribution in [0.3, 0.4) is 0 Å². The second kappa shape index (κ2) is 1.21. The van der Waals surface area contributed by atoms with Gasteiger partial charge < -0.3 is 0 Å². The van der Waals surface area contributed by atoms with Gasteiger partial charge in [0.2, 0.25) is 0 Å². The standard InChI is InChI=1S/C9H14/c1-5-2-6-3-7-4-8(5)9(6)7/h5-9H,2-4H2,1H3. The summed E-state index contributed by atoms with van der Waals surface area (Å²) in [7, 11) is 0. The molecule has 0 heterocycles. The lowest BCUT2D eigenvalue weighted by atomic mass is 9.51. The minimum Gasteiger partial charge on any atom is -0.0622 e. The smallest absolute Gasteiger partial charge is 0.0326 e. The lowest BCUT2D eigenvalue weighted by Gasteiger charge is -2.53. The maximum Gasteiger partial charge on any atom is -0.0326 e. The van der Waals surface area contributed by atoms with E-state index < -0.39 is 0 Å². The van der Waals surface area contributed by atoms with E-state index in [2.05, 4.69) is 6.92 Å². The van der Waals surface area contributed by atoms with Gasteiger partial charge in [0.25, 0.3) is 0 Å². The van der Waals surface area contributed by atoms with Crippen LogP contribution in [0.1, 0.15) is 26.2 Å². The van der Waals surface area contributed by atoms with Gasteiger partial charge in [0.15, 0.2) is 0 Å². The average molecular weight is 122 g/mol. The topological polar surface area (TPSA) is 0 Å². The molecule has 3 fully saturated rings. The van der Waals surface area contributed by atoms with E-state index in [-0.39, 0.29) is 0 Å². The Morgan fingerprint density at radius 2 is 1.78 bits per heavy atom. The molecular weight excluding hydrogens is 108 g/mol. The highest BCUT2D eigenvalue weighted by Crippen LogP contribution is 2.67. The van der Waals surface area contributed by atoms with Crippen molar-refractivity contribution < 1.29 is 0 Å². The molecule has 0 amide bonds. The van der Waals surface area contributed by atoms with Crippen molar-refractivity contribution in [1.82, 2.24) is 0 Å². The summed E-state index contributed by atoms with van der Waals surface area (Å²) >= 11 is 0. The van der Waals surface area contributed by atoms with Crippen molar-refractivity contribution in [3.05, 3.63) is 0 Å². The van der Waals surface area contributed by atoms with E-state index in [1.54, 1.807) is 19.3 Å². The highest BCUT2D eigenvalue weighted by molar-refractivity contribution is 5.08. The monoisotopic (exact) mass is 122 g/mol. The highest BCUT2D eigenvalue weighted by atomic mass is 14.6. The van der Waals surface area contributed by atoms with Crippen molar-refractivity contribution in [3.63, 3.8) is 0 Å². The van der Waals surface area contributed by atoms with E-state index in [1.165, 1.54) is 23.7 Å². The van der Waals surface area contributed by atoms with Crippen molar-refractivity contribution in [3.8, 4) is 0 Å². The first-order valence-electron chi connectivity index (χ1n) is 4.36. The zero-order chi connectivity index (χ0) is 6.01. The number of rotatable bonds is 0. The fourth-order valence-electron chi connectivity index (χ4n) is 3.67. The fourth-order valence-corrected chi connectivity index (χ4v) is 3.67. The van der Waals surface area contributed by atoms with Gasteiger partial charge >= 0.3 is 0 Å². The third-order valence-electron chi connectivity index (χ3n) is 4.17. The van der Waals surface area contributed by atoms with Crippen LogP contribution in [0.4, 0.5) is 0 Å². The van der Waals surface area contributed by atoms with E-state index in [0.717, 1.165) is 5.92 Å². The quantitative estimate of drug-likeness (QED) is 0.462. The third kappa shape index (κ3) is 0.367. The first-order valence-corrected chi connectivity index (χ1v) is 4.36. The van der Waals surface area contributed by atoms with E-state index in [0.29, 0.717) is 0 Å². The van der Waals surface area contributed by atoms with Crippen molar-refractivity contribution in [2.75, 3.05) is 0 Å². The van der Waals surface area contributed by atoms with Gasteiger partial charge in [-0.3, -0.25) is 0 Å². The first kappa shape index (κ1) is 4.76. The van der Waals surface area contributed by atoms with Crippen LogP contribution < -0.4 is 0 Å². The molecule has 0 nitrogen and oxygen atoms in total. The van der Waals surface area contributed by atoms with E-state index in [4.69, 9.17) is 0 Å². The molecule has 0 radical (unpaired) electrons. The van der Waals surface area contributed by atoms with Crippen LogP contribution in [-0.2, 0) is 0 Å². The van der Waals surface area contributed by atoms with Gasteiger partial charge in [0.1, 0.15) is 0 Å². The Kier molecular flexibility index (Phi) is 0.640. The molecule has 0 aromatic carbocycles. The molecule has 0 N–H and O–H groups in total. The molecule has 0 bridgehead atoms. The van der Waals surface area contributed by atoms with Gasteiger partial charge in [-0.1, -0.05) is 6.92 Å². The second-order valence-corrected chi connectivity index (χ2v) is 4.45. The number of hydrogen-bond donors (Lipinski definition) is 0. The molecule has 50 valence electrons. The molecule has 3 aliphatic rings. The first-order chi connectivity index (χ1) is 4.36. The van der Waals surface area contributed by atoms with Crippen LogP contribution in [0.2, 0.25) is 0 Å². The van der Waals surface area contributed by atoms with Gasteiger partial charge in [-0.25, -0.2) is 0 Å². The van der Waals surface area contributed by atoms with Gasteiger partial charge in [-0.05, 0) is 48.9 Å². The fraction of sp³-hybridized carbons (Fsp3) is 1.00. The molecule has 0 aliphatic heterocycles. The largest absolute Gasteiger partial charge is 0.0622 e. The maximum absolute atomic E-state index is 2.46. The van der Waals surface area contributed by atoms with Gasteiger partial charge in [0.05, 0.1) is 0 Å². The van der Waals surface area contributed by atoms with Crippen molar-refractivity contribution in [1.29, 1.82) is 0 Å². The van der Waals surface area contributed by atoms with Crippen molar-refractivity contribution >= 4 is 0 Å². The van der Waals surface area contributed by atoms with Gasteiger partial charge in [-0.2, -0.15) is 0 Å². The summed E-state index contributed by atoms with van der Waals surface area (Å²) in [5, 5.41) is 0. The predicted octanol–water partition coefficient (Wildman–Crippen LogP) is 2.30. The molecule has 5 atom stereocenters. The molecule has 9 heavy (non-hydrogen) atoms. The normalized spacial score (nSPS) is 68.3. The van der Waals surface area contributed by atoms with Crippen LogP contribution in [0.5, 0.6) is 0 Å². The van der Waals surface area contributed by atoms with Crippen molar-refractivity contribution in [2.45, 2.75) is 26.2 Å². The Balaban J connectivity index is 1.93. The summed E-state index contributed by atoms with van der Waals surface area (Å²) in [6.07, 6.45) is 4.78. The highest BCUT2D eigenvalue weighted by Gasteiger charge is 2.59. The van der Waals surface area contributed by atoms with Crippen LogP contribution >= 0.6 is 0 Å². The van der Waals surface area contributed by atoms with Crippen LogP contribution in [0, 0.1) is 29.6 Å². The van der Waals surface area contributed by atoms with E-state index in [9.17, 15) is 0 Å². The summed E-state index contributed by atoms with van der Waals surface area (Å²) in [6.45, 7) is 2.46. The van der Waals surface area contributed by atoms with Crippen LogP contribution in [0.25, 0.3) is 0 Å². The van der Waals surface area contributed by atoms with Gasteiger partial charge in [-0.15, -0.1) is 0 Å². The van der Waals surface area contributed by atoms with Gasteiger partial charge in [0, 0.05) is 0 Å².